The molecular formula is C5H11NOS2. The first-order valence-corrected chi connectivity index (χ1v) is 3.72. The van der Waals surface area contributed by atoms with Crippen molar-refractivity contribution < 1.29 is 4.18 Å². The highest BCUT2D eigenvalue weighted by molar-refractivity contribution is 7.97. The summed E-state index contributed by atoms with van der Waals surface area (Å²) in [6, 6.07) is 0. The zero-order valence-corrected chi connectivity index (χ0v) is 7.44. The normalized spacial score (nSPS) is 11.0. The molecule has 0 atom stereocenters. The summed E-state index contributed by atoms with van der Waals surface area (Å²) < 4.78 is 4.89. The minimum atomic E-state index is 0.0590. The Morgan fingerprint density at radius 3 is 2.11 bits per heavy atom. The lowest BCUT2D eigenvalue weighted by Gasteiger charge is -2.14. The monoisotopic (exact) mass is 165 g/mol. The molecule has 0 amide bonds. The van der Waals surface area contributed by atoms with Crippen LogP contribution in [0.1, 0.15) is 20.8 Å². The molecule has 0 aromatic heterocycles. The molecule has 0 heterocycles. The van der Waals surface area contributed by atoms with Gasteiger partial charge in [-0.1, -0.05) is 0 Å². The molecule has 0 radical (unpaired) electrons. The van der Waals surface area contributed by atoms with Crippen molar-refractivity contribution in [2.75, 3.05) is 0 Å². The van der Waals surface area contributed by atoms with E-state index >= 15 is 0 Å². The average Bonchev–Trinajstić information content (AvgIpc) is 1.59. The van der Waals surface area contributed by atoms with Crippen LogP contribution in [0.3, 0.4) is 0 Å². The topological polar surface area (TPSA) is 35.2 Å². The second kappa shape index (κ2) is 3.27. The van der Waals surface area contributed by atoms with Crippen molar-refractivity contribution in [2.24, 2.45) is 5.73 Å². The fraction of sp³-hybridized carbons (Fsp3) is 0.800. The Morgan fingerprint density at radius 1 is 1.56 bits per heavy atom. The molecule has 0 aromatic rings. The maximum absolute atomic E-state index is 5.09. The van der Waals surface area contributed by atoms with Crippen LogP contribution in [-0.4, -0.2) is 9.92 Å². The standard InChI is InChI=1S/C5H11NOS2/c1-5(2,3)9-7-4(6)8/h1-3H3,(H2,6,8). The van der Waals surface area contributed by atoms with Crippen LogP contribution < -0.4 is 5.73 Å². The lowest BCUT2D eigenvalue weighted by Crippen LogP contribution is -2.14. The van der Waals surface area contributed by atoms with Crippen LogP contribution >= 0.6 is 24.3 Å². The Balaban J connectivity index is 3.39. The van der Waals surface area contributed by atoms with Crippen molar-refractivity contribution in [2.45, 2.75) is 25.5 Å². The van der Waals surface area contributed by atoms with E-state index in [-0.39, 0.29) is 9.92 Å². The number of nitrogens with two attached hydrogens (primary N) is 1. The summed E-state index contributed by atoms with van der Waals surface area (Å²) in [4.78, 5) is 0. The van der Waals surface area contributed by atoms with Gasteiger partial charge in [0.25, 0.3) is 5.17 Å². The third-order valence-corrected chi connectivity index (χ3v) is 1.33. The summed E-state index contributed by atoms with van der Waals surface area (Å²) in [5, 5.41) is 0.0925. The van der Waals surface area contributed by atoms with Crippen LogP contribution in [0.5, 0.6) is 0 Å². The molecule has 0 saturated heterocycles. The molecule has 54 valence electrons. The molecule has 0 spiro atoms. The predicted molar refractivity (Wildman–Crippen MR) is 45.2 cm³/mol. The summed E-state index contributed by atoms with van der Waals surface area (Å²) in [6.45, 7) is 6.07. The van der Waals surface area contributed by atoms with Crippen molar-refractivity contribution in [1.29, 1.82) is 0 Å². The first-order valence-electron chi connectivity index (χ1n) is 2.57. The van der Waals surface area contributed by atoms with E-state index in [1.54, 1.807) is 0 Å². The SMILES string of the molecule is CC(C)(C)SOC(N)=S. The Bertz CT molecular complexity index is 108. The van der Waals surface area contributed by atoms with Gasteiger partial charge in [0, 0.05) is 4.75 Å². The van der Waals surface area contributed by atoms with Gasteiger partial charge in [0.1, 0.15) is 0 Å². The molecule has 0 fully saturated rings. The van der Waals surface area contributed by atoms with E-state index in [1.807, 2.05) is 20.8 Å². The van der Waals surface area contributed by atoms with Crippen LogP contribution in [0.15, 0.2) is 0 Å². The Hall–Kier alpha value is 0.0400. The zero-order valence-electron chi connectivity index (χ0n) is 5.80. The Labute approximate surface area is 65.3 Å². The van der Waals surface area contributed by atoms with Crippen LogP contribution in [0, 0.1) is 0 Å². The van der Waals surface area contributed by atoms with E-state index in [0.717, 1.165) is 0 Å². The fourth-order valence-corrected chi connectivity index (χ4v) is 0.600. The van der Waals surface area contributed by atoms with E-state index in [0.29, 0.717) is 0 Å². The average molecular weight is 165 g/mol. The molecule has 0 bridgehead atoms. The molecule has 0 rings (SSSR count). The van der Waals surface area contributed by atoms with E-state index in [4.69, 9.17) is 9.92 Å². The minimum Gasteiger partial charge on any atom is -0.397 e. The van der Waals surface area contributed by atoms with Gasteiger partial charge >= 0.3 is 0 Å². The van der Waals surface area contributed by atoms with Crippen LogP contribution in [0.25, 0.3) is 0 Å². The number of thiocarbonyl (C=S) groups is 1. The second-order valence-corrected chi connectivity index (χ2v) is 4.56. The minimum absolute atomic E-state index is 0.0590. The van der Waals surface area contributed by atoms with Gasteiger partial charge in [0.15, 0.2) is 0 Å². The molecule has 0 aliphatic rings. The van der Waals surface area contributed by atoms with Crippen LogP contribution in [0.2, 0.25) is 0 Å². The maximum Gasteiger partial charge on any atom is 0.267 e. The first-order chi connectivity index (χ1) is 3.92. The number of rotatable bonds is 1. The first kappa shape index (κ1) is 9.04. The highest BCUT2D eigenvalue weighted by Crippen LogP contribution is 2.23. The van der Waals surface area contributed by atoms with Crippen LogP contribution in [0.4, 0.5) is 0 Å². The van der Waals surface area contributed by atoms with Crippen molar-refractivity contribution in [3.63, 3.8) is 0 Å². The molecule has 0 aliphatic carbocycles. The largest absolute Gasteiger partial charge is 0.397 e. The van der Waals surface area contributed by atoms with Gasteiger partial charge in [0.05, 0.1) is 12.0 Å². The van der Waals surface area contributed by atoms with E-state index in [1.165, 1.54) is 12.0 Å². The molecule has 2 N–H and O–H groups in total. The second-order valence-electron chi connectivity index (χ2n) is 2.60. The highest BCUT2D eigenvalue weighted by Gasteiger charge is 2.12. The number of hydrogen-bond acceptors (Lipinski definition) is 3. The van der Waals surface area contributed by atoms with Gasteiger partial charge in [-0.15, -0.1) is 0 Å². The molecule has 0 unspecified atom stereocenters. The molecule has 0 saturated carbocycles. The fourth-order valence-electron chi connectivity index (χ4n) is 0.166. The third kappa shape index (κ3) is 8.04. The number of hydrogen-bond donors (Lipinski definition) is 1. The summed E-state index contributed by atoms with van der Waals surface area (Å²) >= 11 is 5.77. The van der Waals surface area contributed by atoms with Crippen LogP contribution in [-0.2, 0) is 4.18 Å². The lowest BCUT2D eigenvalue weighted by molar-refractivity contribution is 0.618. The highest BCUT2D eigenvalue weighted by atomic mass is 32.2. The zero-order chi connectivity index (χ0) is 7.49. The quantitative estimate of drug-likeness (QED) is 0.474. The molecule has 0 aliphatic heterocycles. The molecule has 9 heavy (non-hydrogen) atoms. The molecule has 0 aromatic carbocycles. The van der Waals surface area contributed by atoms with Gasteiger partial charge in [-0.05, 0) is 33.0 Å². The molecule has 2 nitrogen and oxygen atoms in total. The predicted octanol–water partition coefficient (Wildman–Crippen LogP) is 1.69. The van der Waals surface area contributed by atoms with Gasteiger partial charge in [0.2, 0.25) is 0 Å². The Morgan fingerprint density at radius 2 is 2.00 bits per heavy atom. The van der Waals surface area contributed by atoms with Gasteiger partial charge in [-0.25, -0.2) is 0 Å². The van der Waals surface area contributed by atoms with Crippen molar-refractivity contribution in [3.05, 3.63) is 0 Å². The summed E-state index contributed by atoms with van der Waals surface area (Å²) in [7, 11) is 0. The maximum atomic E-state index is 5.09. The van der Waals surface area contributed by atoms with Gasteiger partial charge < -0.3 is 9.92 Å². The van der Waals surface area contributed by atoms with E-state index in [2.05, 4.69) is 12.2 Å². The van der Waals surface area contributed by atoms with Crippen molar-refractivity contribution >= 4 is 29.4 Å². The summed E-state index contributed by atoms with van der Waals surface area (Å²) in [6.07, 6.45) is 0. The van der Waals surface area contributed by atoms with E-state index < -0.39 is 0 Å². The summed E-state index contributed by atoms with van der Waals surface area (Å²) in [5.74, 6) is 0. The van der Waals surface area contributed by atoms with Gasteiger partial charge in [-0.3, -0.25) is 0 Å². The smallest absolute Gasteiger partial charge is 0.267 e. The Kier molecular flexibility index (Phi) is 3.28. The van der Waals surface area contributed by atoms with Crippen molar-refractivity contribution in [1.82, 2.24) is 0 Å². The van der Waals surface area contributed by atoms with E-state index in [9.17, 15) is 0 Å². The van der Waals surface area contributed by atoms with Crippen molar-refractivity contribution in [3.8, 4) is 0 Å². The molecule has 4 heteroatoms. The lowest BCUT2D eigenvalue weighted by atomic mass is 10.3. The molecular weight excluding hydrogens is 154 g/mol. The third-order valence-electron chi connectivity index (χ3n) is 0.374. The van der Waals surface area contributed by atoms with Gasteiger partial charge in [-0.2, -0.15) is 0 Å². The summed E-state index contributed by atoms with van der Waals surface area (Å²) in [5.41, 5.74) is 5.09.